The molecule has 0 aliphatic rings. The van der Waals surface area contributed by atoms with Gasteiger partial charge in [0.05, 0.1) is 5.56 Å². The quantitative estimate of drug-likeness (QED) is 0.682. The van der Waals surface area contributed by atoms with Gasteiger partial charge in [-0.05, 0) is 12.1 Å². The number of amides is 1. The number of rotatable bonds is 3. The molecule has 106 valence electrons. The topological polar surface area (TPSA) is 32.3 Å². The summed E-state index contributed by atoms with van der Waals surface area (Å²) in [6.07, 6.45) is -4.82. The van der Waals surface area contributed by atoms with Crippen molar-refractivity contribution in [3.63, 3.8) is 0 Å². The number of alkyl halides is 3. The average molecular weight is 282 g/mol. The molecule has 19 heavy (non-hydrogen) atoms. The number of halogens is 5. The van der Waals surface area contributed by atoms with Gasteiger partial charge in [-0.25, -0.2) is 14.2 Å². The fourth-order valence-corrected chi connectivity index (χ4v) is 1.24. The molecule has 0 atom stereocenters. The fourth-order valence-electron chi connectivity index (χ4n) is 1.24. The van der Waals surface area contributed by atoms with Crippen molar-refractivity contribution >= 4 is 5.91 Å². The number of nitrogens with zero attached hydrogens (tertiary/aromatic N) is 1. The van der Waals surface area contributed by atoms with Crippen LogP contribution >= 0.6 is 0 Å². The molecule has 0 fully saturated rings. The van der Waals surface area contributed by atoms with E-state index in [4.69, 9.17) is 0 Å². The van der Waals surface area contributed by atoms with E-state index in [2.05, 4.69) is 5.43 Å². The molecule has 1 amide bonds. The summed E-state index contributed by atoms with van der Waals surface area (Å²) < 4.78 is 63.7. The summed E-state index contributed by atoms with van der Waals surface area (Å²) in [5.74, 6) is -3.05. The van der Waals surface area contributed by atoms with E-state index < -0.39 is 41.4 Å². The first-order valence-electron chi connectivity index (χ1n) is 5.16. The molecular weight excluding hydrogens is 271 g/mol. The van der Waals surface area contributed by atoms with Gasteiger partial charge in [-0.1, -0.05) is 0 Å². The molecule has 0 unspecified atom stereocenters. The van der Waals surface area contributed by atoms with Gasteiger partial charge < -0.3 is 0 Å². The van der Waals surface area contributed by atoms with Gasteiger partial charge in [0.25, 0.3) is 0 Å². The van der Waals surface area contributed by atoms with Crippen LogP contribution < -0.4 is 5.43 Å². The Balaban J connectivity index is 2.95. The van der Waals surface area contributed by atoms with Crippen LogP contribution in [-0.4, -0.2) is 18.0 Å². The van der Waals surface area contributed by atoms with E-state index in [0.717, 1.165) is 5.01 Å². The van der Waals surface area contributed by atoms with Crippen LogP contribution in [0.25, 0.3) is 0 Å². The molecule has 0 saturated heterocycles. The number of carbonyl (C=O) groups is 1. The Morgan fingerprint density at radius 3 is 2.11 bits per heavy atom. The van der Waals surface area contributed by atoms with Gasteiger partial charge in [0.15, 0.2) is 0 Å². The van der Waals surface area contributed by atoms with Crippen molar-refractivity contribution in [2.24, 2.45) is 0 Å². The van der Waals surface area contributed by atoms with E-state index >= 15 is 0 Å². The van der Waals surface area contributed by atoms with Crippen LogP contribution in [0.15, 0.2) is 12.1 Å². The first kappa shape index (κ1) is 15.4. The van der Waals surface area contributed by atoms with Crippen LogP contribution in [0.1, 0.15) is 18.1 Å². The minimum absolute atomic E-state index is 0.216. The summed E-state index contributed by atoms with van der Waals surface area (Å²) in [5.41, 5.74) is 0.395. The molecule has 3 nitrogen and oxygen atoms in total. The lowest BCUT2D eigenvalue weighted by molar-refractivity contribution is -0.138. The molecule has 0 aliphatic heterocycles. The Morgan fingerprint density at radius 1 is 1.26 bits per heavy atom. The highest BCUT2D eigenvalue weighted by Crippen LogP contribution is 2.31. The first-order valence-corrected chi connectivity index (χ1v) is 5.16. The Morgan fingerprint density at radius 2 is 1.74 bits per heavy atom. The summed E-state index contributed by atoms with van der Waals surface area (Å²) in [6.45, 7) is 0.776. The molecule has 0 aliphatic carbocycles. The van der Waals surface area contributed by atoms with Crippen molar-refractivity contribution in [3.05, 3.63) is 34.9 Å². The van der Waals surface area contributed by atoms with Gasteiger partial charge in [0.1, 0.15) is 11.6 Å². The van der Waals surface area contributed by atoms with Gasteiger partial charge in [-0.2, -0.15) is 13.2 Å². The number of hydrogen-bond acceptors (Lipinski definition) is 2. The molecule has 0 aromatic heterocycles. The maximum Gasteiger partial charge on any atom is 0.416 e. The largest absolute Gasteiger partial charge is 0.416 e. The van der Waals surface area contributed by atoms with Gasteiger partial charge in [-0.3, -0.25) is 9.80 Å². The Hall–Kier alpha value is -1.70. The normalized spacial score (nSPS) is 11.5. The van der Waals surface area contributed by atoms with Crippen LogP contribution in [0, 0.1) is 11.6 Å². The third kappa shape index (κ3) is 3.88. The molecule has 1 rings (SSSR count). The average Bonchev–Trinajstić information content (AvgIpc) is 2.25. The van der Waals surface area contributed by atoms with Crippen LogP contribution in [0.4, 0.5) is 22.0 Å². The van der Waals surface area contributed by atoms with Crippen LogP contribution in [0.5, 0.6) is 0 Å². The minimum atomic E-state index is -4.82. The lowest BCUT2D eigenvalue weighted by Gasteiger charge is -2.17. The Labute approximate surface area is 106 Å². The minimum Gasteiger partial charge on any atom is -0.281 e. The van der Waals surface area contributed by atoms with E-state index in [0.29, 0.717) is 0 Å². The molecule has 1 aromatic carbocycles. The molecule has 0 saturated carbocycles. The first-order chi connectivity index (χ1) is 8.62. The van der Waals surface area contributed by atoms with E-state index in [-0.39, 0.29) is 12.1 Å². The lowest BCUT2D eigenvalue weighted by Crippen LogP contribution is -2.37. The zero-order chi connectivity index (χ0) is 14.8. The Kier molecular flexibility index (Phi) is 4.46. The highest BCUT2D eigenvalue weighted by Gasteiger charge is 2.32. The predicted octanol–water partition coefficient (Wildman–Crippen LogP) is 2.47. The Bertz CT molecular complexity index is 463. The van der Waals surface area contributed by atoms with Gasteiger partial charge in [0.2, 0.25) is 5.91 Å². The van der Waals surface area contributed by atoms with Gasteiger partial charge >= 0.3 is 6.18 Å². The van der Waals surface area contributed by atoms with Crippen molar-refractivity contribution in [2.75, 3.05) is 7.05 Å². The summed E-state index contributed by atoms with van der Waals surface area (Å²) in [7, 11) is 1.32. The number of hydrogen-bond donors (Lipinski definition) is 1. The predicted molar refractivity (Wildman–Crippen MR) is 56.6 cm³/mol. The maximum atomic E-state index is 13.4. The van der Waals surface area contributed by atoms with Crippen LogP contribution in [0.2, 0.25) is 0 Å². The number of carbonyl (C=O) groups excluding carboxylic acids is 1. The highest BCUT2D eigenvalue weighted by atomic mass is 19.4. The molecular formula is C11H11F5N2O. The summed E-state index contributed by atoms with van der Waals surface area (Å²) >= 11 is 0. The molecule has 1 N–H and O–H groups in total. The number of benzene rings is 1. The molecule has 0 heterocycles. The second-order valence-electron chi connectivity index (χ2n) is 3.83. The molecule has 8 heteroatoms. The number of hydrazine groups is 1. The van der Waals surface area contributed by atoms with Crippen molar-refractivity contribution in [1.82, 2.24) is 10.4 Å². The standard InChI is InChI=1S/C11H11F5N2O/c1-6(19)18(2)17-5-8-9(12)3-7(4-10(8)13)11(14,15)16/h3-4,17H,5H2,1-2H3. The molecule has 0 spiro atoms. The third-order valence-corrected chi connectivity index (χ3v) is 2.43. The van der Waals surface area contributed by atoms with Gasteiger partial charge in [-0.15, -0.1) is 0 Å². The van der Waals surface area contributed by atoms with E-state index in [9.17, 15) is 26.7 Å². The maximum absolute atomic E-state index is 13.4. The zero-order valence-corrected chi connectivity index (χ0v) is 10.1. The summed E-state index contributed by atoms with van der Waals surface area (Å²) in [6, 6.07) is 0.432. The van der Waals surface area contributed by atoms with Crippen LogP contribution in [0.3, 0.4) is 0 Å². The molecule has 1 aromatic rings. The molecule has 0 radical (unpaired) electrons. The second kappa shape index (κ2) is 5.52. The van der Waals surface area contributed by atoms with E-state index in [1.165, 1.54) is 14.0 Å². The van der Waals surface area contributed by atoms with Crippen molar-refractivity contribution in [2.45, 2.75) is 19.6 Å². The fraction of sp³-hybridized carbons (Fsp3) is 0.364. The summed E-state index contributed by atoms with van der Waals surface area (Å²) in [4.78, 5) is 10.8. The van der Waals surface area contributed by atoms with E-state index in [1.54, 1.807) is 0 Å². The highest BCUT2D eigenvalue weighted by molar-refractivity contribution is 5.72. The van der Waals surface area contributed by atoms with Crippen LogP contribution in [-0.2, 0) is 17.5 Å². The molecule has 0 bridgehead atoms. The monoisotopic (exact) mass is 282 g/mol. The zero-order valence-electron chi connectivity index (χ0n) is 10.1. The SMILES string of the molecule is CC(=O)N(C)NCc1c(F)cc(C(F)(F)F)cc1F. The summed E-state index contributed by atoms with van der Waals surface area (Å²) in [5, 5.41) is 0.969. The van der Waals surface area contributed by atoms with Crippen molar-refractivity contribution in [1.29, 1.82) is 0 Å². The number of nitrogens with one attached hydrogen (secondary N) is 1. The smallest absolute Gasteiger partial charge is 0.281 e. The van der Waals surface area contributed by atoms with Crippen molar-refractivity contribution < 1.29 is 26.7 Å². The third-order valence-electron chi connectivity index (χ3n) is 2.43. The van der Waals surface area contributed by atoms with E-state index in [1.807, 2.05) is 0 Å². The lowest BCUT2D eigenvalue weighted by atomic mass is 10.1. The van der Waals surface area contributed by atoms with Crippen molar-refractivity contribution in [3.8, 4) is 0 Å². The van der Waals surface area contributed by atoms with Gasteiger partial charge in [0, 0.05) is 26.1 Å². The second-order valence-corrected chi connectivity index (χ2v) is 3.83.